The first-order chi connectivity index (χ1) is 8.72. The van der Waals surface area contributed by atoms with E-state index in [4.69, 9.17) is 9.47 Å². The molecule has 18 heavy (non-hydrogen) atoms. The van der Waals surface area contributed by atoms with Crippen molar-refractivity contribution >= 4 is 21.8 Å². The highest BCUT2D eigenvalue weighted by molar-refractivity contribution is 9.09. The van der Waals surface area contributed by atoms with Crippen LogP contribution in [-0.4, -0.2) is 44.7 Å². The average Bonchev–Trinajstić information content (AvgIpc) is 2.42. The molecule has 0 heterocycles. The first-order valence-electron chi connectivity index (χ1n) is 6.62. The zero-order valence-corrected chi connectivity index (χ0v) is 12.8. The maximum absolute atomic E-state index is 11.6. The van der Waals surface area contributed by atoms with Gasteiger partial charge in [0, 0.05) is 19.0 Å². The normalized spacial score (nSPS) is 18.6. The Morgan fingerprint density at radius 1 is 1.28 bits per heavy atom. The number of amides is 1. The Kier molecular flexibility index (Phi) is 7.86. The Labute approximate surface area is 118 Å². The molecule has 1 amide bonds. The fourth-order valence-electron chi connectivity index (χ4n) is 2.30. The first-order valence-corrected chi connectivity index (χ1v) is 7.74. The molecular weight excluding hydrogens is 298 g/mol. The van der Waals surface area contributed by atoms with Crippen molar-refractivity contribution in [3.05, 3.63) is 0 Å². The van der Waals surface area contributed by atoms with Gasteiger partial charge in [-0.3, -0.25) is 4.79 Å². The molecule has 0 aromatic heterocycles. The standard InChI is InChI=1S/C13H24BrNO3/c1-17-7-8-18-9-12(16)15-11-13(10-14)5-3-2-4-6-13/h2-11H2,1H3,(H,15,16). The Balaban J connectivity index is 2.19. The SMILES string of the molecule is COCCOCC(=O)NCC1(CBr)CCCCC1. The molecule has 0 unspecified atom stereocenters. The lowest BCUT2D eigenvalue weighted by Crippen LogP contribution is -2.41. The van der Waals surface area contributed by atoms with E-state index in [2.05, 4.69) is 21.2 Å². The molecule has 1 saturated carbocycles. The number of nitrogens with one attached hydrogen (secondary N) is 1. The van der Waals surface area contributed by atoms with Gasteiger partial charge < -0.3 is 14.8 Å². The van der Waals surface area contributed by atoms with Gasteiger partial charge in [0.2, 0.25) is 5.91 Å². The third kappa shape index (κ3) is 5.67. The lowest BCUT2D eigenvalue weighted by atomic mass is 9.75. The predicted octanol–water partition coefficient (Wildman–Crippen LogP) is 2.11. The Hall–Kier alpha value is -0.130. The number of rotatable bonds is 8. The Bertz CT molecular complexity index is 242. The van der Waals surface area contributed by atoms with Crippen LogP contribution in [0.1, 0.15) is 32.1 Å². The Morgan fingerprint density at radius 2 is 2.00 bits per heavy atom. The van der Waals surface area contributed by atoms with Crippen LogP contribution < -0.4 is 5.32 Å². The molecule has 1 N–H and O–H groups in total. The minimum atomic E-state index is -0.0306. The number of methoxy groups -OCH3 is 1. The lowest BCUT2D eigenvalue weighted by molar-refractivity contribution is -0.126. The van der Waals surface area contributed by atoms with Gasteiger partial charge in [0.1, 0.15) is 6.61 Å². The fraction of sp³-hybridized carbons (Fsp3) is 0.923. The number of hydrogen-bond acceptors (Lipinski definition) is 3. The molecule has 1 aliphatic rings. The zero-order valence-electron chi connectivity index (χ0n) is 11.2. The van der Waals surface area contributed by atoms with Crippen LogP contribution in [0.5, 0.6) is 0 Å². The topological polar surface area (TPSA) is 47.6 Å². The van der Waals surface area contributed by atoms with Crippen LogP contribution in [0.2, 0.25) is 0 Å². The number of carbonyl (C=O) groups is 1. The number of halogens is 1. The predicted molar refractivity (Wildman–Crippen MR) is 75.0 cm³/mol. The summed E-state index contributed by atoms with van der Waals surface area (Å²) < 4.78 is 10.0. The molecule has 0 radical (unpaired) electrons. The largest absolute Gasteiger partial charge is 0.382 e. The first kappa shape index (κ1) is 15.9. The molecular formula is C13H24BrNO3. The third-order valence-electron chi connectivity index (χ3n) is 3.52. The summed E-state index contributed by atoms with van der Waals surface area (Å²) in [6.07, 6.45) is 6.26. The molecule has 0 aliphatic heterocycles. The van der Waals surface area contributed by atoms with Crippen molar-refractivity contribution < 1.29 is 14.3 Å². The van der Waals surface area contributed by atoms with Gasteiger partial charge in [0.15, 0.2) is 0 Å². The summed E-state index contributed by atoms with van der Waals surface area (Å²) in [6.45, 7) is 1.87. The maximum Gasteiger partial charge on any atom is 0.246 e. The molecule has 5 heteroatoms. The molecule has 0 bridgehead atoms. The van der Waals surface area contributed by atoms with E-state index in [1.165, 1.54) is 32.1 Å². The van der Waals surface area contributed by atoms with Crippen LogP contribution in [0.25, 0.3) is 0 Å². The van der Waals surface area contributed by atoms with Gasteiger partial charge in [-0.05, 0) is 18.3 Å². The lowest BCUT2D eigenvalue weighted by Gasteiger charge is -2.35. The average molecular weight is 322 g/mol. The number of hydrogen-bond donors (Lipinski definition) is 1. The van der Waals surface area contributed by atoms with Crippen molar-refractivity contribution in [2.75, 3.05) is 38.8 Å². The minimum absolute atomic E-state index is 0.0306. The second-order valence-electron chi connectivity index (χ2n) is 5.02. The highest BCUT2D eigenvalue weighted by Crippen LogP contribution is 2.37. The third-order valence-corrected chi connectivity index (χ3v) is 4.71. The highest BCUT2D eigenvalue weighted by Gasteiger charge is 2.31. The van der Waals surface area contributed by atoms with Gasteiger partial charge >= 0.3 is 0 Å². The van der Waals surface area contributed by atoms with Crippen molar-refractivity contribution in [2.24, 2.45) is 5.41 Å². The number of carbonyl (C=O) groups excluding carboxylic acids is 1. The molecule has 4 nitrogen and oxygen atoms in total. The van der Waals surface area contributed by atoms with Gasteiger partial charge in [-0.15, -0.1) is 0 Å². The van der Waals surface area contributed by atoms with Crippen LogP contribution in [0, 0.1) is 5.41 Å². The van der Waals surface area contributed by atoms with Gasteiger partial charge in [-0.1, -0.05) is 35.2 Å². The molecule has 106 valence electrons. The van der Waals surface area contributed by atoms with E-state index >= 15 is 0 Å². The minimum Gasteiger partial charge on any atom is -0.382 e. The van der Waals surface area contributed by atoms with Gasteiger partial charge in [-0.2, -0.15) is 0 Å². The summed E-state index contributed by atoms with van der Waals surface area (Å²) in [5.74, 6) is -0.0306. The molecule has 0 saturated heterocycles. The second kappa shape index (κ2) is 8.88. The van der Waals surface area contributed by atoms with E-state index in [0.29, 0.717) is 13.2 Å². The van der Waals surface area contributed by atoms with Crippen LogP contribution in [0.4, 0.5) is 0 Å². The van der Waals surface area contributed by atoms with E-state index in [1.54, 1.807) is 7.11 Å². The van der Waals surface area contributed by atoms with E-state index < -0.39 is 0 Å². The summed E-state index contributed by atoms with van der Waals surface area (Å²) in [6, 6.07) is 0. The fourth-order valence-corrected chi connectivity index (χ4v) is 3.06. The van der Waals surface area contributed by atoms with Gasteiger partial charge in [0.25, 0.3) is 0 Å². The van der Waals surface area contributed by atoms with E-state index in [0.717, 1.165) is 11.9 Å². The molecule has 0 atom stereocenters. The van der Waals surface area contributed by atoms with Crippen LogP contribution in [0.3, 0.4) is 0 Å². The summed E-state index contributed by atoms with van der Waals surface area (Å²) in [5.41, 5.74) is 0.250. The molecule has 1 aliphatic carbocycles. The smallest absolute Gasteiger partial charge is 0.246 e. The zero-order chi connectivity index (χ0) is 13.3. The van der Waals surface area contributed by atoms with E-state index in [-0.39, 0.29) is 17.9 Å². The molecule has 0 aromatic rings. The quantitative estimate of drug-likeness (QED) is 0.550. The molecule has 1 fully saturated rings. The maximum atomic E-state index is 11.6. The molecule has 1 rings (SSSR count). The summed E-state index contributed by atoms with van der Waals surface area (Å²) in [4.78, 5) is 11.6. The van der Waals surface area contributed by atoms with E-state index in [9.17, 15) is 4.79 Å². The monoisotopic (exact) mass is 321 g/mol. The summed E-state index contributed by atoms with van der Waals surface area (Å²) >= 11 is 3.59. The van der Waals surface area contributed by atoms with E-state index in [1.807, 2.05) is 0 Å². The summed E-state index contributed by atoms with van der Waals surface area (Å²) in [5, 5.41) is 3.95. The highest BCUT2D eigenvalue weighted by atomic mass is 79.9. The van der Waals surface area contributed by atoms with Crippen LogP contribution >= 0.6 is 15.9 Å². The summed E-state index contributed by atoms with van der Waals surface area (Å²) in [7, 11) is 1.62. The Morgan fingerprint density at radius 3 is 2.61 bits per heavy atom. The second-order valence-corrected chi connectivity index (χ2v) is 5.58. The number of alkyl halides is 1. The van der Waals surface area contributed by atoms with Crippen molar-refractivity contribution in [1.29, 1.82) is 0 Å². The van der Waals surface area contributed by atoms with Crippen LogP contribution in [0.15, 0.2) is 0 Å². The van der Waals surface area contributed by atoms with Crippen LogP contribution in [-0.2, 0) is 14.3 Å². The van der Waals surface area contributed by atoms with Gasteiger partial charge in [0.05, 0.1) is 13.2 Å². The van der Waals surface area contributed by atoms with Gasteiger partial charge in [-0.25, -0.2) is 0 Å². The van der Waals surface area contributed by atoms with Crippen molar-refractivity contribution in [1.82, 2.24) is 5.32 Å². The molecule has 0 aromatic carbocycles. The van der Waals surface area contributed by atoms with Crippen molar-refractivity contribution in [3.8, 4) is 0 Å². The molecule has 0 spiro atoms. The van der Waals surface area contributed by atoms with Crippen molar-refractivity contribution in [2.45, 2.75) is 32.1 Å². The van der Waals surface area contributed by atoms with Crippen molar-refractivity contribution in [3.63, 3.8) is 0 Å². The number of ether oxygens (including phenoxy) is 2.